The minimum Gasteiger partial charge on any atom is -0.478 e. The van der Waals surface area contributed by atoms with Crippen LogP contribution >= 0.6 is 0 Å². The highest BCUT2D eigenvalue weighted by atomic mass is 16.4. The van der Waals surface area contributed by atoms with E-state index in [4.69, 9.17) is 5.11 Å². The first-order valence-corrected chi connectivity index (χ1v) is 10.4. The molecule has 0 radical (unpaired) electrons. The number of aromatic carboxylic acids is 1. The van der Waals surface area contributed by atoms with E-state index in [0.717, 1.165) is 49.1 Å². The molecular weight excluding hydrogens is 364 g/mol. The number of allylic oxidation sites excluding steroid dienone is 1. The van der Waals surface area contributed by atoms with Crippen molar-refractivity contribution in [3.63, 3.8) is 0 Å². The smallest absolute Gasteiger partial charge is 0.338 e. The van der Waals surface area contributed by atoms with E-state index in [2.05, 4.69) is 51.7 Å². The van der Waals surface area contributed by atoms with Crippen LogP contribution in [0.2, 0.25) is 0 Å². The molecule has 0 saturated heterocycles. The number of aromatic nitrogens is 2. The number of benzene rings is 1. The quantitative estimate of drug-likeness (QED) is 0.806. The Kier molecular flexibility index (Phi) is 5.69. The second-order valence-electron chi connectivity index (χ2n) is 7.67. The largest absolute Gasteiger partial charge is 0.478 e. The summed E-state index contributed by atoms with van der Waals surface area (Å²) in [4.78, 5) is 19.7. The van der Waals surface area contributed by atoms with Gasteiger partial charge in [0.15, 0.2) is 5.82 Å². The van der Waals surface area contributed by atoms with Gasteiger partial charge < -0.3 is 5.11 Å². The molecule has 2 heterocycles. The lowest BCUT2D eigenvalue weighted by atomic mass is 9.80. The molecule has 1 aliphatic heterocycles. The average Bonchev–Trinajstić information content (AvgIpc) is 2.73. The average molecular weight is 390 g/mol. The molecule has 2 aromatic rings. The zero-order valence-corrected chi connectivity index (χ0v) is 16.7. The summed E-state index contributed by atoms with van der Waals surface area (Å²) in [6, 6.07) is 8.69. The maximum atomic E-state index is 11.1. The van der Waals surface area contributed by atoms with Gasteiger partial charge in [-0.2, -0.15) is 5.10 Å². The number of nitrogens with one attached hydrogen (secondary N) is 1. The van der Waals surface area contributed by atoms with E-state index in [1.54, 1.807) is 0 Å². The fraction of sp³-hybridized carbons (Fsp3) is 0.391. The summed E-state index contributed by atoms with van der Waals surface area (Å²) in [7, 11) is 0. The molecule has 1 atom stereocenters. The highest BCUT2D eigenvalue weighted by Crippen LogP contribution is 2.36. The van der Waals surface area contributed by atoms with Gasteiger partial charge in [0.2, 0.25) is 0 Å². The number of hydrogen-bond acceptors (Lipinski definition) is 5. The molecule has 0 spiro atoms. The molecule has 1 saturated carbocycles. The molecule has 0 amide bonds. The summed E-state index contributed by atoms with van der Waals surface area (Å²) in [6.07, 6.45) is 10.5. The summed E-state index contributed by atoms with van der Waals surface area (Å²) in [5.74, 6) is -0.358. The fourth-order valence-corrected chi connectivity index (χ4v) is 4.17. The number of rotatable bonds is 4. The normalized spacial score (nSPS) is 19.5. The number of carbonyl (C=O) groups is 1. The topological polar surface area (TPSA) is 87.5 Å². The summed E-state index contributed by atoms with van der Waals surface area (Å²) in [5.41, 5.74) is 9.12. The molecule has 6 nitrogen and oxygen atoms in total. The van der Waals surface area contributed by atoms with Crippen molar-refractivity contribution < 1.29 is 9.90 Å². The van der Waals surface area contributed by atoms with Gasteiger partial charge in [-0.1, -0.05) is 50.5 Å². The third-order valence-corrected chi connectivity index (χ3v) is 5.83. The van der Waals surface area contributed by atoms with Crippen LogP contribution in [0.4, 0.5) is 0 Å². The lowest BCUT2D eigenvalue weighted by Gasteiger charge is -2.30. The van der Waals surface area contributed by atoms with E-state index < -0.39 is 5.97 Å². The second-order valence-corrected chi connectivity index (χ2v) is 7.67. The van der Waals surface area contributed by atoms with Crippen LogP contribution in [-0.4, -0.2) is 26.8 Å². The summed E-state index contributed by atoms with van der Waals surface area (Å²) < 4.78 is 0. The van der Waals surface area contributed by atoms with Crippen molar-refractivity contribution in [2.24, 2.45) is 11.0 Å². The molecule has 150 valence electrons. The van der Waals surface area contributed by atoms with Crippen molar-refractivity contribution in [3.8, 4) is 0 Å². The molecular formula is C23H26N4O2. The van der Waals surface area contributed by atoms with Gasteiger partial charge in [-0.25, -0.2) is 14.8 Å². The molecule has 2 aliphatic rings. The van der Waals surface area contributed by atoms with Gasteiger partial charge in [-0.15, -0.1) is 0 Å². The molecule has 6 heteroatoms. The number of nitrogens with zero attached hydrogens (tertiary/aromatic N) is 3. The van der Waals surface area contributed by atoms with E-state index in [1.165, 1.54) is 36.4 Å². The van der Waals surface area contributed by atoms with E-state index in [-0.39, 0.29) is 11.5 Å². The molecule has 0 bridgehead atoms. The third-order valence-electron chi connectivity index (χ3n) is 5.83. The fourth-order valence-electron chi connectivity index (χ4n) is 4.17. The van der Waals surface area contributed by atoms with Crippen LogP contribution < -0.4 is 5.43 Å². The molecule has 1 unspecified atom stereocenters. The van der Waals surface area contributed by atoms with Crippen molar-refractivity contribution in [1.29, 1.82) is 0 Å². The zero-order chi connectivity index (χ0) is 20.2. The molecule has 2 N–H and O–H groups in total. The first-order valence-electron chi connectivity index (χ1n) is 10.4. The first kappa shape index (κ1) is 19.3. The molecule has 1 aromatic carbocycles. The zero-order valence-electron chi connectivity index (χ0n) is 16.7. The van der Waals surface area contributed by atoms with Gasteiger partial charge in [0.1, 0.15) is 5.71 Å². The molecule has 29 heavy (non-hydrogen) atoms. The summed E-state index contributed by atoms with van der Waals surface area (Å²) in [6.45, 7) is 2.16. The lowest BCUT2D eigenvalue weighted by Crippen LogP contribution is -2.31. The number of carboxylic acid groups (broad SMARTS) is 1. The predicted molar refractivity (Wildman–Crippen MR) is 113 cm³/mol. The van der Waals surface area contributed by atoms with Gasteiger partial charge in [-0.05, 0) is 42.4 Å². The maximum Gasteiger partial charge on any atom is 0.338 e. The second kappa shape index (κ2) is 8.55. The van der Waals surface area contributed by atoms with Crippen LogP contribution in [0.5, 0.6) is 0 Å². The lowest BCUT2D eigenvalue weighted by molar-refractivity contribution is 0.0696. The Morgan fingerprint density at radius 2 is 1.83 bits per heavy atom. The maximum absolute atomic E-state index is 11.1. The summed E-state index contributed by atoms with van der Waals surface area (Å²) in [5, 5.41) is 13.8. The molecule has 4 rings (SSSR count). The van der Waals surface area contributed by atoms with Crippen molar-refractivity contribution in [1.82, 2.24) is 15.4 Å². The van der Waals surface area contributed by atoms with Crippen LogP contribution in [0.3, 0.4) is 0 Å². The number of hydrogen-bond donors (Lipinski definition) is 2. The standard InChI is InChI=1S/C23H26N4O2/c1-2-15-9-11-16(12-10-15)20-18-7-5-3-4-6-8-19(18)21(27-26-20)22-24-13-17(14-25-22)23(28)29/h9-14,19,26H,2-8H2,1H3,(H,28,29). The highest BCUT2D eigenvalue weighted by molar-refractivity contribution is 6.03. The van der Waals surface area contributed by atoms with Crippen LogP contribution in [-0.2, 0) is 6.42 Å². The van der Waals surface area contributed by atoms with Gasteiger partial charge in [0, 0.05) is 18.3 Å². The molecule has 1 aliphatic carbocycles. The van der Waals surface area contributed by atoms with Crippen molar-refractivity contribution >= 4 is 17.4 Å². The van der Waals surface area contributed by atoms with Crippen LogP contribution in [0.25, 0.3) is 5.70 Å². The number of fused-ring (bicyclic) bond motifs is 1. The van der Waals surface area contributed by atoms with Crippen molar-refractivity contribution in [2.45, 2.75) is 51.9 Å². The van der Waals surface area contributed by atoms with Crippen LogP contribution in [0, 0.1) is 5.92 Å². The van der Waals surface area contributed by atoms with Gasteiger partial charge >= 0.3 is 5.97 Å². The minimum atomic E-state index is -1.02. The number of aryl methyl sites for hydroxylation is 1. The molecule has 1 fully saturated rings. The van der Waals surface area contributed by atoms with Crippen LogP contribution in [0.15, 0.2) is 47.3 Å². The highest BCUT2D eigenvalue weighted by Gasteiger charge is 2.31. The van der Waals surface area contributed by atoms with Crippen molar-refractivity contribution in [2.75, 3.05) is 0 Å². The number of carboxylic acids is 1. The van der Waals surface area contributed by atoms with Gasteiger partial charge in [-0.3, -0.25) is 5.43 Å². The Morgan fingerprint density at radius 3 is 2.52 bits per heavy atom. The molecule has 1 aromatic heterocycles. The number of hydrazone groups is 1. The Morgan fingerprint density at radius 1 is 1.10 bits per heavy atom. The Balaban J connectivity index is 1.71. The monoisotopic (exact) mass is 390 g/mol. The first-order chi connectivity index (χ1) is 14.2. The van der Waals surface area contributed by atoms with E-state index >= 15 is 0 Å². The summed E-state index contributed by atoms with van der Waals surface area (Å²) >= 11 is 0. The van der Waals surface area contributed by atoms with E-state index in [1.807, 2.05) is 0 Å². The Hall–Kier alpha value is -3.02. The Bertz CT molecular complexity index is 946. The van der Waals surface area contributed by atoms with Crippen molar-refractivity contribution in [3.05, 3.63) is 64.7 Å². The Labute approximate surface area is 170 Å². The minimum absolute atomic E-state index is 0.0863. The SMILES string of the molecule is CCc1ccc(C2=C3CCCCCCC3C(c3ncc(C(=O)O)cn3)=NN2)cc1. The van der Waals surface area contributed by atoms with Gasteiger partial charge in [0.05, 0.1) is 11.3 Å². The van der Waals surface area contributed by atoms with Crippen LogP contribution in [0.1, 0.15) is 72.8 Å². The van der Waals surface area contributed by atoms with Gasteiger partial charge in [0.25, 0.3) is 0 Å². The van der Waals surface area contributed by atoms with E-state index in [0.29, 0.717) is 5.82 Å². The van der Waals surface area contributed by atoms with E-state index in [9.17, 15) is 4.79 Å². The predicted octanol–water partition coefficient (Wildman–Crippen LogP) is 4.43. The third kappa shape index (κ3) is 4.06.